The molecular weight excluding hydrogens is 157 g/mol. The number of hydrogen-bond acceptors (Lipinski definition) is 1. The van der Waals surface area contributed by atoms with Crippen LogP contribution in [0.25, 0.3) is 10.9 Å². The second-order valence-corrected chi connectivity index (χ2v) is 3.03. The quantitative estimate of drug-likeness (QED) is 0.625. The minimum absolute atomic E-state index is 1.06. The van der Waals surface area contributed by atoms with Gasteiger partial charge in [-0.1, -0.05) is 36.9 Å². The van der Waals surface area contributed by atoms with Crippen LogP contribution in [0.4, 0.5) is 0 Å². The normalized spacial score (nSPS) is 10.2. The summed E-state index contributed by atoms with van der Waals surface area (Å²) in [7, 11) is 2.23. The van der Waals surface area contributed by atoms with Gasteiger partial charge >= 0.3 is 0 Å². The van der Waals surface area contributed by atoms with Crippen LogP contribution in [0.15, 0.2) is 36.5 Å². The van der Waals surface area contributed by atoms with Crippen LogP contribution in [0.1, 0.15) is 6.92 Å². The lowest BCUT2D eigenvalue weighted by Gasteiger charge is -2.02. The second kappa shape index (κ2) is 3.61. The molecule has 0 unspecified atom stereocenters. The highest BCUT2D eigenvalue weighted by molar-refractivity contribution is 6.56. The molecular formula is C11H11BN. The van der Waals surface area contributed by atoms with Gasteiger partial charge in [-0.3, -0.25) is 4.98 Å². The summed E-state index contributed by atoms with van der Waals surface area (Å²) >= 11 is 0. The fourth-order valence-electron chi connectivity index (χ4n) is 1.52. The van der Waals surface area contributed by atoms with Gasteiger partial charge in [-0.05, 0) is 17.5 Å². The number of hydrogen-bond donors (Lipinski definition) is 0. The molecule has 63 valence electrons. The van der Waals surface area contributed by atoms with Crippen molar-refractivity contribution in [1.82, 2.24) is 4.98 Å². The van der Waals surface area contributed by atoms with Gasteiger partial charge in [-0.15, -0.1) is 0 Å². The third kappa shape index (κ3) is 1.57. The van der Waals surface area contributed by atoms with E-state index in [1.165, 1.54) is 10.8 Å². The summed E-state index contributed by atoms with van der Waals surface area (Å²) in [5.41, 5.74) is 2.36. The zero-order chi connectivity index (χ0) is 9.10. The maximum Gasteiger partial charge on any atom is 0.152 e. The number of benzene rings is 1. The molecule has 0 saturated carbocycles. The molecule has 0 aliphatic rings. The Morgan fingerprint density at radius 1 is 1.23 bits per heavy atom. The molecule has 1 aromatic heterocycles. The van der Waals surface area contributed by atoms with E-state index in [0.29, 0.717) is 0 Å². The molecule has 0 bridgehead atoms. The molecule has 0 aliphatic carbocycles. The van der Waals surface area contributed by atoms with Crippen LogP contribution in [-0.2, 0) is 0 Å². The molecule has 1 aromatic carbocycles. The second-order valence-electron chi connectivity index (χ2n) is 3.03. The van der Waals surface area contributed by atoms with Crippen LogP contribution < -0.4 is 5.46 Å². The van der Waals surface area contributed by atoms with E-state index in [9.17, 15) is 0 Å². The Morgan fingerprint density at radius 3 is 2.92 bits per heavy atom. The van der Waals surface area contributed by atoms with Crippen LogP contribution in [0, 0.1) is 0 Å². The molecule has 0 aliphatic heterocycles. The van der Waals surface area contributed by atoms with Crippen molar-refractivity contribution in [3.8, 4) is 0 Å². The smallest absolute Gasteiger partial charge is 0.152 e. The van der Waals surface area contributed by atoms with Crippen LogP contribution in [-0.4, -0.2) is 12.3 Å². The summed E-state index contributed by atoms with van der Waals surface area (Å²) < 4.78 is 0. The average molecular weight is 168 g/mol. The average Bonchev–Trinajstić information content (AvgIpc) is 2.19. The number of pyridine rings is 1. The molecule has 2 aromatic rings. The molecule has 0 spiro atoms. The maximum atomic E-state index is 4.30. The first-order valence-corrected chi connectivity index (χ1v) is 4.59. The highest BCUT2D eigenvalue weighted by Crippen LogP contribution is 2.07. The first-order chi connectivity index (χ1) is 6.42. The van der Waals surface area contributed by atoms with Crippen LogP contribution in [0.2, 0.25) is 6.32 Å². The lowest BCUT2D eigenvalue weighted by Crippen LogP contribution is -2.13. The summed E-state index contributed by atoms with van der Waals surface area (Å²) in [6.07, 6.45) is 2.93. The number of rotatable bonds is 2. The first kappa shape index (κ1) is 8.30. The molecule has 0 atom stereocenters. The van der Waals surface area contributed by atoms with Crippen LogP contribution in [0.5, 0.6) is 0 Å². The minimum Gasteiger partial charge on any atom is -0.256 e. The fraction of sp³-hybridized carbons (Fsp3) is 0.182. The maximum absolute atomic E-state index is 4.30. The highest BCUT2D eigenvalue weighted by atomic mass is 14.6. The minimum atomic E-state index is 1.06. The summed E-state index contributed by atoms with van der Waals surface area (Å²) in [5, 5.41) is 1.24. The van der Waals surface area contributed by atoms with Gasteiger partial charge in [-0.2, -0.15) is 0 Å². The van der Waals surface area contributed by atoms with Gasteiger partial charge in [0.25, 0.3) is 0 Å². The lowest BCUT2D eigenvalue weighted by molar-refractivity contribution is 1.41. The van der Waals surface area contributed by atoms with Crippen molar-refractivity contribution < 1.29 is 0 Å². The van der Waals surface area contributed by atoms with Gasteiger partial charge in [0, 0.05) is 6.20 Å². The number of fused-ring (bicyclic) bond motifs is 1. The van der Waals surface area contributed by atoms with Crippen molar-refractivity contribution in [1.29, 1.82) is 0 Å². The van der Waals surface area contributed by atoms with Crippen molar-refractivity contribution in [2.75, 3.05) is 0 Å². The first-order valence-electron chi connectivity index (χ1n) is 4.59. The Morgan fingerprint density at radius 2 is 2.08 bits per heavy atom. The van der Waals surface area contributed by atoms with E-state index in [0.717, 1.165) is 11.8 Å². The molecule has 0 N–H and O–H groups in total. The Hall–Kier alpha value is -1.31. The Labute approximate surface area is 79.0 Å². The Balaban J connectivity index is 2.61. The van der Waals surface area contributed by atoms with Crippen molar-refractivity contribution in [2.24, 2.45) is 0 Å². The lowest BCUT2D eigenvalue weighted by atomic mass is 9.67. The van der Waals surface area contributed by atoms with E-state index in [2.05, 4.69) is 37.4 Å². The van der Waals surface area contributed by atoms with E-state index < -0.39 is 0 Å². The Bertz CT molecular complexity index is 406. The van der Waals surface area contributed by atoms with Crippen LogP contribution >= 0.6 is 0 Å². The zero-order valence-electron chi connectivity index (χ0n) is 7.70. The molecule has 0 fully saturated rings. The SMILES string of the molecule is CC[B]c1ccnc2ccccc12. The summed E-state index contributed by atoms with van der Waals surface area (Å²) in [6.45, 7) is 2.15. The van der Waals surface area contributed by atoms with Crippen molar-refractivity contribution in [2.45, 2.75) is 13.2 Å². The summed E-state index contributed by atoms with van der Waals surface area (Å²) in [4.78, 5) is 4.30. The molecule has 2 rings (SSSR count). The predicted molar refractivity (Wildman–Crippen MR) is 57.6 cm³/mol. The number of aromatic nitrogens is 1. The van der Waals surface area contributed by atoms with Crippen molar-refractivity contribution >= 4 is 23.6 Å². The molecule has 0 amide bonds. The molecule has 1 radical (unpaired) electrons. The number of nitrogens with zero attached hydrogens (tertiary/aromatic N) is 1. The van der Waals surface area contributed by atoms with Gasteiger partial charge < -0.3 is 0 Å². The van der Waals surface area contributed by atoms with E-state index >= 15 is 0 Å². The van der Waals surface area contributed by atoms with Gasteiger partial charge in [0.15, 0.2) is 7.28 Å². The van der Waals surface area contributed by atoms with Gasteiger partial charge in [-0.25, -0.2) is 0 Å². The molecule has 1 heterocycles. The standard InChI is InChI=1S/C11H11BN/c1-2-12-10-7-8-13-11-6-4-3-5-9(10)11/h3-8H,2H2,1H3. The van der Waals surface area contributed by atoms with Crippen molar-refractivity contribution in [3.05, 3.63) is 36.5 Å². The zero-order valence-corrected chi connectivity index (χ0v) is 7.70. The van der Waals surface area contributed by atoms with E-state index in [-0.39, 0.29) is 0 Å². The Kier molecular flexibility index (Phi) is 2.30. The van der Waals surface area contributed by atoms with E-state index in [4.69, 9.17) is 0 Å². The van der Waals surface area contributed by atoms with Gasteiger partial charge in [0.1, 0.15) is 0 Å². The molecule has 13 heavy (non-hydrogen) atoms. The predicted octanol–water partition coefficient (Wildman–Crippen LogP) is 2.00. The van der Waals surface area contributed by atoms with Crippen molar-refractivity contribution in [3.63, 3.8) is 0 Å². The van der Waals surface area contributed by atoms with E-state index in [1.54, 1.807) is 0 Å². The van der Waals surface area contributed by atoms with E-state index in [1.807, 2.05) is 18.3 Å². The summed E-state index contributed by atoms with van der Waals surface area (Å²) in [5.74, 6) is 0. The summed E-state index contributed by atoms with van der Waals surface area (Å²) in [6, 6.07) is 10.3. The fourth-order valence-corrected chi connectivity index (χ4v) is 1.52. The molecule has 2 heteroatoms. The molecule has 1 nitrogen and oxygen atoms in total. The van der Waals surface area contributed by atoms with Crippen LogP contribution in [0.3, 0.4) is 0 Å². The highest BCUT2D eigenvalue weighted by Gasteiger charge is 1.99. The molecule has 0 saturated heterocycles. The third-order valence-electron chi connectivity index (χ3n) is 2.11. The monoisotopic (exact) mass is 168 g/mol. The topological polar surface area (TPSA) is 12.9 Å². The van der Waals surface area contributed by atoms with Gasteiger partial charge in [0.05, 0.1) is 5.52 Å². The van der Waals surface area contributed by atoms with Gasteiger partial charge in [0.2, 0.25) is 0 Å². The third-order valence-corrected chi connectivity index (χ3v) is 2.11. The number of para-hydroxylation sites is 1. The largest absolute Gasteiger partial charge is 0.256 e.